The van der Waals surface area contributed by atoms with Gasteiger partial charge in [-0.1, -0.05) is 24.3 Å². The first kappa shape index (κ1) is 20.6. The van der Waals surface area contributed by atoms with Gasteiger partial charge in [-0.15, -0.1) is 0 Å². The van der Waals surface area contributed by atoms with Crippen LogP contribution >= 0.6 is 0 Å². The minimum atomic E-state index is -0.118. The lowest BCUT2D eigenvalue weighted by Crippen LogP contribution is -2.49. The molecule has 2 aliphatic rings. The van der Waals surface area contributed by atoms with Crippen LogP contribution in [0.2, 0.25) is 0 Å². The van der Waals surface area contributed by atoms with E-state index < -0.39 is 0 Å². The Labute approximate surface area is 195 Å². The Hall–Kier alpha value is -4.00. The smallest absolute Gasteiger partial charge is 0.258 e. The zero-order valence-electron chi connectivity index (χ0n) is 18.6. The molecule has 1 aromatic carbocycles. The van der Waals surface area contributed by atoms with Gasteiger partial charge in [0.25, 0.3) is 17.0 Å². The number of pyridine rings is 3. The van der Waals surface area contributed by atoms with E-state index in [9.17, 15) is 14.4 Å². The van der Waals surface area contributed by atoms with E-state index >= 15 is 0 Å². The van der Waals surface area contributed by atoms with Crippen LogP contribution in [0.1, 0.15) is 34.0 Å². The van der Waals surface area contributed by atoms with Crippen molar-refractivity contribution >= 4 is 16.7 Å². The van der Waals surface area contributed by atoms with Gasteiger partial charge in [0.05, 0.1) is 12.1 Å². The van der Waals surface area contributed by atoms with Gasteiger partial charge in [-0.25, -0.2) is 0 Å². The van der Waals surface area contributed by atoms with E-state index in [1.54, 1.807) is 41.4 Å². The fourth-order valence-electron chi connectivity index (χ4n) is 5.55. The first-order chi connectivity index (χ1) is 16.6. The highest BCUT2D eigenvalue weighted by Gasteiger charge is 2.37. The van der Waals surface area contributed by atoms with E-state index in [1.807, 2.05) is 45.9 Å². The van der Waals surface area contributed by atoms with Crippen molar-refractivity contribution in [1.82, 2.24) is 19.0 Å². The first-order valence-electron chi connectivity index (χ1n) is 11.6. The number of nitrogens with zero attached hydrogens (tertiary/aromatic N) is 4. The summed E-state index contributed by atoms with van der Waals surface area (Å²) in [6, 6.07) is 16.5. The predicted octanol–water partition coefficient (Wildman–Crippen LogP) is 2.87. The summed E-state index contributed by atoms with van der Waals surface area (Å²) in [7, 11) is 0. The normalized spacial score (nSPS) is 19.1. The quantitative estimate of drug-likeness (QED) is 0.479. The summed E-state index contributed by atoms with van der Waals surface area (Å²) in [5.74, 6) is 0.310. The molecule has 4 aromatic rings. The number of carbonyl (C=O) groups excluding carboxylic acids is 1. The summed E-state index contributed by atoms with van der Waals surface area (Å²) in [6.07, 6.45) is 6.08. The Kier molecular flexibility index (Phi) is 4.90. The van der Waals surface area contributed by atoms with E-state index in [4.69, 9.17) is 0 Å². The van der Waals surface area contributed by atoms with Crippen LogP contribution in [-0.2, 0) is 13.1 Å². The number of aromatic nitrogens is 3. The number of likely N-dealkylation sites (tertiary alicyclic amines) is 1. The van der Waals surface area contributed by atoms with Crippen molar-refractivity contribution in [1.29, 1.82) is 0 Å². The second-order valence-corrected chi connectivity index (χ2v) is 9.29. The lowest BCUT2D eigenvalue weighted by Gasteiger charge is -2.42. The van der Waals surface area contributed by atoms with Crippen LogP contribution in [0.3, 0.4) is 0 Å². The van der Waals surface area contributed by atoms with Gasteiger partial charge in [-0.2, -0.15) is 0 Å². The molecule has 2 atom stereocenters. The van der Waals surface area contributed by atoms with Crippen LogP contribution in [0, 0.1) is 5.92 Å². The van der Waals surface area contributed by atoms with Gasteiger partial charge in [-0.3, -0.25) is 19.4 Å². The summed E-state index contributed by atoms with van der Waals surface area (Å²) in [6.45, 7) is 2.18. The average Bonchev–Trinajstić information content (AvgIpc) is 2.86. The molecule has 7 heteroatoms. The molecule has 1 fully saturated rings. The molecule has 0 radical (unpaired) electrons. The van der Waals surface area contributed by atoms with Crippen LogP contribution in [0.4, 0.5) is 0 Å². The van der Waals surface area contributed by atoms with Crippen molar-refractivity contribution in [3.8, 4) is 0 Å². The second-order valence-electron chi connectivity index (χ2n) is 9.29. The molecular formula is C27H24N4O3. The van der Waals surface area contributed by atoms with Gasteiger partial charge >= 0.3 is 0 Å². The van der Waals surface area contributed by atoms with Gasteiger partial charge in [0.15, 0.2) is 0 Å². The number of piperidine rings is 1. The maximum atomic E-state index is 13.9. The summed E-state index contributed by atoms with van der Waals surface area (Å²) < 4.78 is 3.48. The van der Waals surface area contributed by atoms with Crippen molar-refractivity contribution in [2.75, 3.05) is 13.1 Å². The maximum Gasteiger partial charge on any atom is 0.258 e. The maximum absolute atomic E-state index is 13.9. The van der Waals surface area contributed by atoms with Crippen molar-refractivity contribution < 1.29 is 4.79 Å². The number of rotatable bonds is 3. The van der Waals surface area contributed by atoms with Crippen LogP contribution in [-0.4, -0.2) is 38.0 Å². The first-order valence-corrected chi connectivity index (χ1v) is 11.6. The SMILES string of the molecule is O=C(c1cn(Cc2ccncc2)c(=O)c2ccccc12)N1CC2CC(C1)c1cccc(=O)n1C2. The van der Waals surface area contributed by atoms with Crippen LogP contribution in [0.25, 0.3) is 10.8 Å². The highest BCUT2D eigenvalue weighted by atomic mass is 16.2. The third-order valence-electron chi connectivity index (χ3n) is 7.09. The Morgan fingerprint density at radius 2 is 1.71 bits per heavy atom. The van der Waals surface area contributed by atoms with Crippen molar-refractivity contribution in [2.24, 2.45) is 5.92 Å². The molecule has 2 aliphatic heterocycles. The van der Waals surface area contributed by atoms with Crippen molar-refractivity contribution in [3.63, 3.8) is 0 Å². The van der Waals surface area contributed by atoms with Gasteiger partial charge in [0, 0.05) is 66.7 Å². The summed E-state index contributed by atoms with van der Waals surface area (Å²) >= 11 is 0. The molecule has 0 aliphatic carbocycles. The number of benzene rings is 1. The summed E-state index contributed by atoms with van der Waals surface area (Å²) in [4.78, 5) is 45.4. The highest BCUT2D eigenvalue weighted by Crippen LogP contribution is 2.35. The van der Waals surface area contributed by atoms with Gasteiger partial charge in [0.1, 0.15) is 0 Å². The lowest BCUT2D eigenvalue weighted by atomic mass is 9.83. The van der Waals surface area contributed by atoms with E-state index in [0.29, 0.717) is 42.5 Å². The van der Waals surface area contributed by atoms with Gasteiger partial charge < -0.3 is 14.0 Å². The summed E-state index contributed by atoms with van der Waals surface area (Å²) in [5.41, 5.74) is 2.40. The van der Waals surface area contributed by atoms with Gasteiger partial charge in [-0.05, 0) is 42.2 Å². The van der Waals surface area contributed by atoms with E-state index in [2.05, 4.69) is 4.98 Å². The molecule has 3 aromatic heterocycles. The number of hydrogen-bond acceptors (Lipinski definition) is 4. The number of fused-ring (bicyclic) bond motifs is 5. The van der Waals surface area contributed by atoms with Crippen molar-refractivity contribution in [3.05, 3.63) is 111 Å². The number of carbonyl (C=O) groups is 1. The number of hydrogen-bond donors (Lipinski definition) is 0. The third-order valence-corrected chi connectivity index (χ3v) is 7.09. The Morgan fingerprint density at radius 1 is 0.912 bits per heavy atom. The van der Waals surface area contributed by atoms with Crippen LogP contribution in [0.5, 0.6) is 0 Å². The minimum absolute atomic E-state index is 0.0289. The van der Waals surface area contributed by atoms with Gasteiger partial charge in [0.2, 0.25) is 0 Å². The lowest BCUT2D eigenvalue weighted by molar-refractivity contribution is 0.0595. The fourth-order valence-corrected chi connectivity index (χ4v) is 5.55. The van der Waals surface area contributed by atoms with Crippen LogP contribution < -0.4 is 11.1 Å². The molecule has 170 valence electrons. The largest absolute Gasteiger partial charge is 0.338 e. The Bertz CT molecular complexity index is 1520. The third kappa shape index (κ3) is 3.44. The monoisotopic (exact) mass is 452 g/mol. The topological polar surface area (TPSA) is 77.2 Å². The molecule has 0 saturated carbocycles. The standard InChI is InChI=1S/C27H24N4O3/c32-25-7-3-6-24-20-12-19(15-31(24)25)14-29(16-20)27(34)23-17-30(13-18-8-10-28-11-9-18)26(33)22-5-2-1-4-21(22)23/h1-11,17,19-20H,12-16H2. The second kappa shape index (κ2) is 8.09. The van der Waals surface area contributed by atoms with Crippen molar-refractivity contribution in [2.45, 2.75) is 25.4 Å². The molecular weight excluding hydrogens is 428 g/mol. The molecule has 2 unspecified atom stereocenters. The minimum Gasteiger partial charge on any atom is -0.338 e. The van der Waals surface area contributed by atoms with E-state index in [1.165, 1.54) is 0 Å². The molecule has 2 bridgehead atoms. The summed E-state index contributed by atoms with van der Waals surface area (Å²) in [5, 5.41) is 1.22. The zero-order chi connectivity index (χ0) is 23.2. The molecule has 0 N–H and O–H groups in total. The Balaban J connectivity index is 1.39. The molecule has 7 nitrogen and oxygen atoms in total. The highest BCUT2D eigenvalue weighted by molar-refractivity contribution is 6.06. The molecule has 5 heterocycles. The predicted molar refractivity (Wildman–Crippen MR) is 129 cm³/mol. The fraction of sp³-hybridized carbons (Fsp3) is 0.259. The molecule has 0 spiro atoms. The Morgan fingerprint density at radius 3 is 2.53 bits per heavy atom. The van der Waals surface area contributed by atoms with Crippen LogP contribution in [0.15, 0.2) is 82.8 Å². The van der Waals surface area contributed by atoms with E-state index in [0.717, 1.165) is 17.7 Å². The molecule has 1 saturated heterocycles. The zero-order valence-corrected chi connectivity index (χ0v) is 18.6. The molecule has 6 rings (SSSR count). The van der Waals surface area contributed by atoms with E-state index in [-0.39, 0.29) is 28.9 Å². The average molecular weight is 453 g/mol. The molecule has 1 amide bonds. The number of amides is 1. The molecule has 34 heavy (non-hydrogen) atoms.